The molecule has 0 aliphatic rings. The van der Waals surface area contributed by atoms with E-state index in [1.807, 2.05) is 32.9 Å². The largest absolute Gasteiger partial charge is 0.494 e. The number of furan rings is 1. The van der Waals surface area contributed by atoms with E-state index in [4.69, 9.17) is 9.15 Å². The Labute approximate surface area is 127 Å². The number of hydrogen-bond donors (Lipinski definition) is 1. The maximum absolute atomic E-state index is 5.81. The van der Waals surface area contributed by atoms with E-state index in [9.17, 15) is 0 Å². The molecule has 2 rings (SSSR count). The molecule has 3 heteroatoms. The van der Waals surface area contributed by atoms with Gasteiger partial charge in [0, 0.05) is 11.1 Å². The van der Waals surface area contributed by atoms with Crippen molar-refractivity contribution in [3.8, 4) is 5.75 Å². The molecule has 0 saturated heterocycles. The normalized spacial score (nSPS) is 12.4. The zero-order valence-electron chi connectivity index (χ0n) is 13.6. The molecule has 0 radical (unpaired) electrons. The Balaban J connectivity index is 2.53. The highest BCUT2D eigenvalue weighted by Gasteiger charge is 2.24. The summed E-state index contributed by atoms with van der Waals surface area (Å²) in [6.45, 7) is 11.8. The quantitative estimate of drug-likeness (QED) is 0.860. The molecule has 1 aromatic carbocycles. The zero-order valence-corrected chi connectivity index (χ0v) is 13.6. The van der Waals surface area contributed by atoms with Gasteiger partial charge in [0.1, 0.15) is 17.3 Å². The molecule has 2 aromatic rings. The summed E-state index contributed by atoms with van der Waals surface area (Å²) >= 11 is 0. The summed E-state index contributed by atoms with van der Waals surface area (Å²) in [5, 5.41) is 3.57. The van der Waals surface area contributed by atoms with Crippen molar-refractivity contribution in [2.75, 3.05) is 13.2 Å². The summed E-state index contributed by atoms with van der Waals surface area (Å²) in [5.41, 5.74) is 3.60. The summed E-state index contributed by atoms with van der Waals surface area (Å²) in [5.74, 6) is 2.89. The Morgan fingerprint density at radius 2 is 1.81 bits per heavy atom. The van der Waals surface area contributed by atoms with Gasteiger partial charge >= 0.3 is 0 Å². The standard InChI is InChI=1S/C18H25NO2/c1-6-19-18(17-12(3)13(4)21-14(17)5)15-10-8-9-11-16(15)20-7-2/h8-11,18-19H,6-7H2,1-5H3. The van der Waals surface area contributed by atoms with Gasteiger partial charge in [-0.3, -0.25) is 0 Å². The van der Waals surface area contributed by atoms with Crippen LogP contribution in [0.1, 0.15) is 48.1 Å². The lowest BCUT2D eigenvalue weighted by Crippen LogP contribution is -2.23. The molecule has 21 heavy (non-hydrogen) atoms. The predicted molar refractivity (Wildman–Crippen MR) is 86.0 cm³/mol. The van der Waals surface area contributed by atoms with Crippen molar-refractivity contribution in [2.45, 2.75) is 40.7 Å². The van der Waals surface area contributed by atoms with Crippen LogP contribution in [0.15, 0.2) is 28.7 Å². The number of aryl methyl sites for hydroxylation is 2. The Hall–Kier alpha value is -1.74. The minimum Gasteiger partial charge on any atom is -0.494 e. The van der Waals surface area contributed by atoms with Crippen LogP contribution in [-0.4, -0.2) is 13.2 Å². The predicted octanol–water partition coefficient (Wildman–Crippen LogP) is 4.30. The highest BCUT2D eigenvalue weighted by molar-refractivity contribution is 5.46. The van der Waals surface area contributed by atoms with Crippen molar-refractivity contribution < 1.29 is 9.15 Å². The van der Waals surface area contributed by atoms with E-state index in [1.165, 1.54) is 11.1 Å². The Kier molecular flexibility index (Phi) is 5.07. The molecule has 1 atom stereocenters. The molecule has 0 saturated carbocycles. The van der Waals surface area contributed by atoms with Crippen molar-refractivity contribution in [1.82, 2.24) is 5.32 Å². The van der Waals surface area contributed by atoms with E-state index in [1.54, 1.807) is 0 Å². The maximum atomic E-state index is 5.81. The van der Waals surface area contributed by atoms with E-state index in [2.05, 4.69) is 31.3 Å². The molecule has 1 aromatic heterocycles. The van der Waals surface area contributed by atoms with Gasteiger partial charge in [0.05, 0.1) is 12.6 Å². The van der Waals surface area contributed by atoms with Gasteiger partial charge in [-0.1, -0.05) is 25.1 Å². The van der Waals surface area contributed by atoms with Crippen molar-refractivity contribution >= 4 is 0 Å². The van der Waals surface area contributed by atoms with Gasteiger partial charge in [-0.05, 0) is 45.9 Å². The molecule has 1 N–H and O–H groups in total. The first kappa shape index (κ1) is 15.6. The molecule has 114 valence electrons. The van der Waals surface area contributed by atoms with Crippen LogP contribution >= 0.6 is 0 Å². The number of ether oxygens (including phenoxy) is 1. The lowest BCUT2D eigenvalue weighted by molar-refractivity contribution is 0.333. The molecule has 1 heterocycles. The van der Waals surface area contributed by atoms with Crippen molar-refractivity contribution in [3.63, 3.8) is 0 Å². The van der Waals surface area contributed by atoms with Crippen LogP contribution in [0.3, 0.4) is 0 Å². The van der Waals surface area contributed by atoms with Crippen LogP contribution in [0.2, 0.25) is 0 Å². The fraction of sp³-hybridized carbons (Fsp3) is 0.444. The molecule has 3 nitrogen and oxygen atoms in total. The van der Waals surface area contributed by atoms with Crippen LogP contribution in [0.4, 0.5) is 0 Å². The third-order valence-electron chi connectivity index (χ3n) is 3.84. The molecule has 0 bridgehead atoms. The fourth-order valence-electron chi connectivity index (χ4n) is 2.81. The average Bonchev–Trinajstić information content (AvgIpc) is 2.71. The van der Waals surface area contributed by atoms with Gasteiger partial charge in [-0.2, -0.15) is 0 Å². The summed E-state index contributed by atoms with van der Waals surface area (Å²) in [7, 11) is 0. The van der Waals surface area contributed by atoms with E-state index < -0.39 is 0 Å². The summed E-state index contributed by atoms with van der Waals surface area (Å²) in [6.07, 6.45) is 0. The minimum atomic E-state index is 0.0928. The first-order valence-corrected chi connectivity index (χ1v) is 7.61. The molecule has 0 aliphatic heterocycles. The second-order valence-corrected chi connectivity index (χ2v) is 5.21. The van der Waals surface area contributed by atoms with Crippen molar-refractivity contribution in [3.05, 3.63) is 52.5 Å². The number of nitrogens with one attached hydrogen (secondary N) is 1. The lowest BCUT2D eigenvalue weighted by Gasteiger charge is -2.22. The van der Waals surface area contributed by atoms with Gasteiger partial charge in [0.15, 0.2) is 0 Å². The molecular weight excluding hydrogens is 262 g/mol. The zero-order chi connectivity index (χ0) is 15.4. The number of rotatable bonds is 6. The Bertz CT molecular complexity index is 601. The molecule has 1 unspecified atom stereocenters. The van der Waals surface area contributed by atoms with Crippen LogP contribution in [0.5, 0.6) is 5.75 Å². The molecule has 0 aliphatic carbocycles. The van der Waals surface area contributed by atoms with Gasteiger partial charge in [-0.15, -0.1) is 0 Å². The second-order valence-electron chi connectivity index (χ2n) is 5.21. The van der Waals surface area contributed by atoms with Gasteiger partial charge < -0.3 is 14.5 Å². The Morgan fingerprint density at radius 1 is 1.10 bits per heavy atom. The summed E-state index contributed by atoms with van der Waals surface area (Å²) in [6, 6.07) is 8.31. The highest BCUT2D eigenvalue weighted by Crippen LogP contribution is 2.35. The second kappa shape index (κ2) is 6.81. The lowest BCUT2D eigenvalue weighted by atomic mass is 9.94. The summed E-state index contributed by atoms with van der Waals surface area (Å²) < 4.78 is 11.6. The number of benzene rings is 1. The highest BCUT2D eigenvalue weighted by atomic mass is 16.5. The van der Waals surface area contributed by atoms with Gasteiger partial charge in [0.25, 0.3) is 0 Å². The average molecular weight is 287 g/mol. The van der Waals surface area contributed by atoms with E-state index in [0.29, 0.717) is 6.61 Å². The maximum Gasteiger partial charge on any atom is 0.124 e. The smallest absolute Gasteiger partial charge is 0.124 e. The van der Waals surface area contributed by atoms with E-state index in [0.717, 1.165) is 29.4 Å². The van der Waals surface area contributed by atoms with Crippen molar-refractivity contribution in [2.24, 2.45) is 0 Å². The Morgan fingerprint density at radius 3 is 2.38 bits per heavy atom. The van der Waals surface area contributed by atoms with Crippen molar-refractivity contribution in [1.29, 1.82) is 0 Å². The van der Waals surface area contributed by atoms with Crippen LogP contribution in [-0.2, 0) is 0 Å². The first-order chi connectivity index (χ1) is 10.1. The minimum absolute atomic E-state index is 0.0928. The number of para-hydroxylation sites is 1. The van der Waals surface area contributed by atoms with Crippen LogP contribution in [0.25, 0.3) is 0 Å². The third-order valence-corrected chi connectivity index (χ3v) is 3.84. The van der Waals surface area contributed by atoms with Crippen LogP contribution < -0.4 is 10.1 Å². The van der Waals surface area contributed by atoms with Gasteiger partial charge in [0.2, 0.25) is 0 Å². The molecule has 0 spiro atoms. The molecular formula is C18H25NO2. The third kappa shape index (κ3) is 3.13. The van der Waals surface area contributed by atoms with E-state index >= 15 is 0 Å². The fourth-order valence-corrected chi connectivity index (χ4v) is 2.81. The summed E-state index contributed by atoms with van der Waals surface area (Å²) in [4.78, 5) is 0. The van der Waals surface area contributed by atoms with Crippen LogP contribution in [0, 0.1) is 20.8 Å². The monoisotopic (exact) mass is 287 g/mol. The molecule has 0 amide bonds. The van der Waals surface area contributed by atoms with Gasteiger partial charge in [-0.25, -0.2) is 0 Å². The number of hydrogen-bond acceptors (Lipinski definition) is 3. The first-order valence-electron chi connectivity index (χ1n) is 7.61. The topological polar surface area (TPSA) is 34.4 Å². The SMILES string of the molecule is CCNC(c1ccccc1OCC)c1c(C)oc(C)c1C. The molecule has 0 fully saturated rings. The van der Waals surface area contributed by atoms with E-state index in [-0.39, 0.29) is 6.04 Å².